The Morgan fingerprint density at radius 2 is 1.65 bits per heavy atom. The minimum atomic E-state index is -1.67. The van der Waals surface area contributed by atoms with Crippen LogP contribution in [0.25, 0.3) is 0 Å². The predicted octanol–water partition coefficient (Wildman–Crippen LogP) is 1.62. The average molecular weight is 234 g/mol. The van der Waals surface area contributed by atoms with Gasteiger partial charge in [0, 0.05) is 6.42 Å². The monoisotopic (exact) mass is 234 g/mol. The number of carboxylic acids is 1. The minimum Gasteiger partial charge on any atom is -0.475 e. The molecular weight excluding hydrogens is 220 g/mol. The molecule has 1 N–H and O–H groups in total. The van der Waals surface area contributed by atoms with E-state index in [4.69, 9.17) is 5.11 Å². The molecule has 0 saturated heterocycles. The zero-order valence-corrected chi connectivity index (χ0v) is 9.39. The predicted molar refractivity (Wildman–Crippen MR) is 61.6 cm³/mol. The summed E-state index contributed by atoms with van der Waals surface area (Å²) in [5.41, 5.74) is 1.17. The van der Waals surface area contributed by atoms with Crippen molar-refractivity contribution < 1.29 is 19.5 Å². The van der Waals surface area contributed by atoms with Gasteiger partial charge in [0.15, 0.2) is 0 Å². The van der Waals surface area contributed by atoms with E-state index in [1.165, 1.54) is 5.56 Å². The SMILES string of the molecule is O=C(O)C(=O)C(=O)CCCCc1ccccc1. The van der Waals surface area contributed by atoms with Crippen molar-refractivity contribution in [1.82, 2.24) is 0 Å². The second kappa shape index (κ2) is 6.58. The summed E-state index contributed by atoms with van der Waals surface area (Å²) in [5, 5.41) is 8.32. The molecule has 0 aliphatic heterocycles. The third-order valence-corrected chi connectivity index (χ3v) is 2.41. The van der Waals surface area contributed by atoms with Gasteiger partial charge in [-0.25, -0.2) is 4.79 Å². The summed E-state index contributed by atoms with van der Waals surface area (Å²) >= 11 is 0. The van der Waals surface area contributed by atoms with Gasteiger partial charge in [0.1, 0.15) is 0 Å². The van der Waals surface area contributed by atoms with Crippen LogP contribution in [-0.2, 0) is 20.8 Å². The highest BCUT2D eigenvalue weighted by Gasteiger charge is 2.20. The molecule has 90 valence electrons. The number of rotatable bonds is 7. The molecule has 0 saturated carbocycles. The molecular formula is C13H14O4. The molecule has 4 heteroatoms. The fourth-order valence-corrected chi connectivity index (χ4v) is 1.49. The van der Waals surface area contributed by atoms with Crippen LogP contribution in [0.15, 0.2) is 30.3 Å². The topological polar surface area (TPSA) is 71.4 Å². The van der Waals surface area contributed by atoms with E-state index in [9.17, 15) is 14.4 Å². The van der Waals surface area contributed by atoms with E-state index in [1.54, 1.807) is 0 Å². The van der Waals surface area contributed by atoms with Gasteiger partial charge in [-0.05, 0) is 24.8 Å². The van der Waals surface area contributed by atoms with Crippen LogP contribution in [0.3, 0.4) is 0 Å². The average Bonchev–Trinajstić information content (AvgIpc) is 2.34. The van der Waals surface area contributed by atoms with Crippen molar-refractivity contribution in [3.8, 4) is 0 Å². The van der Waals surface area contributed by atoms with Crippen molar-refractivity contribution in [2.24, 2.45) is 0 Å². The van der Waals surface area contributed by atoms with Crippen molar-refractivity contribution in [3.63, 3.8) is 0 Å². The number of benzene rings is 1. The molecule has 0 heterocycles. The van der Waals surface area contributed by atoms with E-state index in [1.807, 2.05) is 30.3 Å². The lowest BCUT2D eigenvalue weighted by Crippen LogP contribution is -2.22. The molecule has 0 fully saturated rings. The van der Waals surface area contributed by atoms with Gasteiger partial charge in [-0.15, -0.1) is 0 Å². The van der Waals surface area contributed by atoms with Crippen molar-refractivity contribution in [3.05, 3.63) is 35.9 Å². The van der Waals surface area contributed by atoms with Gasteiger partial charge in [0.2, 0.25) is 5.78 Å². The standard InChI is InChI=1S/C13H14O4/c14-11(12(15)13(16)17)9-5-4-8-10-6-2-1-3-7-10/h1-3,6-7H,4-5,8-9H2,(H,16,17). The zero-order chi connectivity index (χ0) is 12.7. The van der Waals surface area contributed by atoms with E-state index in [0.717, 1.165) is 12.8 Å². The third-order valence-electron chi connectivity index (χ3n) is 2.41. The van der Waals surface area contributed by atoms with Crippen LogP contribution in [0.1, 0.15) is 24.8 Å². The molecule has 0 atom stereocenters. The number of aliphatic carboxylic acids is 1. The fraction of sp³-hybridized carbons (Fsp3) is 0.308. The van der Waals surface area contributed by atoms with Gasteiger partial charge in [-0.3, -0.25) is 9.59 Å². The van der Waals surface area contributed by atoms with Crippen molar-refractivity contribution in [2.45, 2.75) is 25.7 Å². The first-order chi connectivity index (χ1) is 8.11. The van der Waals surface area contributed by atoms with Crippen LogP contribution in [0.4, 0.5) is 0 Å². The highest BCUT2D eigenvalue weighted by molar-refractivity contribution is 6.61. The molecule has 0 aliphatic rings. The van der Waals surface area contributed by atoms with E-state index in [0.29, 0.717) is 6.42 Å². The summed E-state index contributed by atoms with van der Waals surface area (Å²) in [4.78, 5) is 32.0. The lowest BCUT2D eigenvalue weighted by molar-refractivity contribution is -0.152. The van der Waals surface area contributed by atoms with Crippen LogP contribution in [0.5, 0.6) is 0 Å². The van der Waals surface area contributed by atoms with Crippen molar-refractivity contribution >= 4 is 17.5 Å². The Bertz CT molecular complexity index is 409. The summed E-state index contributed by atoms with van der Waals surface area (Å²) in [6, 6.07) is 9.79. The van der Waals surface area contributed by atoms with Gasteiger partial charge in [-0.1, -0.05) is 30.3 Å². The molecule has 0 amide bonds. The number of hydrogen-bond donors (Lipinski definition) is 1. The molecule has 0 bridgehead atoms. The third kappa shape index (κ3) is 4.59. The summed E-state index contributed by atoms with van der Waals surface area (Å²) in [6.07, 6.45) is 2.14. The number of Topliss-reactive ketones (excluding diaryl/α,β-unsaturated/α-hetero) is 2. The largest absolute Gasteiger partial charge is 0.475 e. The van der Waals surface area contributed by atoms with E-state index in [-0.39, 0.29) is 6.42 Å². The molecule has 0 aromatic heterocycles. The number of carbonyl (C=O) groups excluding carboxylic acids is 2. The number of ketones is 2. The maximum Gasteiger partial charge on any atom is 0.380 e. The summed E-state index contributed by atoms with van der Waals surface area (Å²) < 4.78 is 0. The Hall–Kier alpha value is -1.97. The smallest absolute Gasteiger partial charge is 0.380 e. The van der Waals surface area contributed by atoms with Crippen LogP contribution in [0.2, 0.25) is 0 Å². The van der Waals surface area contributed by atoms with Gasteiger partial charge in [0.05, 0.1) is 0 Å². The van der Waals surface area contributed by atoms with E-state index in [2.05, 4.69) is 0 Å². The Labute approximate surface area is 99.3 Å². The van der Waals surface area contributed by atoms with Gasteiger partial charge < -0.3 is 5.11 Å². The summed E-state index contributed by atoms with van der Waals surface area (Å²) in [7, 11) is 0. The highest BCUT2D eigenvalue weighted by Crippen LogP contribution is 2.06. The first-order valence-electron chi connectivity index (χ1n) is 5.45. The van der Waals surface area contributed by atoms with E-state index >= 15 is 0 Å². The molecule has 17 heavy (non-hydrogen) atoms. The van der Waals surface area contributed by atoms with Crippen LogP contribution in [-0.4, -0.2) is 22.6 Å². The Morgan fingerprint density at radius 3 is 2.24 bits per heavy atom. The molecule has 1 aromatic carbocycles. The van der Waals surface area contributed by atoms with Crippen molar-refractivity contribution in [1.29, 1.82) is 0 Å². The van der Waals surface area contributed by atoms with Crippen LogP contribution >= 0.6 is 0 Å². The number of carbonyl (C=O) groups is 3. The van der Waals surface area contributed by atoms with Crippen molar-refractivity contribution in [2.75, 3.05) is 0 Å². The molecule has 0 spiro atoms. The highest BCUT2D eigenvalue weighted by atomic mass is 16.4. The molecule has 0 aliphatic carbocycles. The lowest BCUT2D eigenvalue weighted by Gasteiger charge is -2.00. The van der Waals surface area contributed by atoms with Crippen LogP contribution in [0, 0.1) is 0 Å². The number of unbranched alkanes of at least 4 members (excludes halogenated alkanes) is 1. The van der Waals surface area contributed by atoms with E-state index < -0.39 is 17.5 Å². The fourth-order valence-electron chi connectivity index (χ4n) is 1.49. The summed E-state index contributed by atoms with van der Waals surface area (Å²) in [5.74, 6) is -3.80. The molecule has 4 nitrogen and oxygen atoms in total. The molecule has 1 aromatic rings. The first-order valence-corrected chi connectivity index (χ1v) is 5.45. The Kier molecular flexibility index (Phi) is 5.07. The maximum absolute atomic E-state index is 11.1. The Morgan fingerprint density at radius 1 is 1.00 bits per heavy atom. The Balaban J connectivity index is 2.23. The molecule has 0 unspecified atom stereocenters. The number of carboxylic acid groups (broad SMARTS) is 1. The first kappa shape index (κ1) is 13.1. The second-order valence-electron chi connectivity index (χ2n) is 3.75. The number of hydrogen-bond acceptors (Lipinski definition) is 3. The zero-order valence-electron chi connectivity index (χ0n) is 9.39. The summed E-state index contributed by atoms with van der Waals surface area (Å²) in [6.45, 7) is 0. The number of aryl methyl sites for hydroxylation is 1. The molecule has 1 rings (SSSR count). The van der Waals surface area contributed by atoms with Crippen LogP contribution < -0.4 is 0 Å². The van der Waals surface area contributed by atoms with Gasteiger partial charge >= 0.3 is 11.8 Å². The minimum absolute atomic E-state index is 0.0119. The normalized spacial score (nSPS) is 9.88. The molecule has 0 radical (unpaired) electrons. The lowest BCUT2D eigenvalue weighted by atomic mass is 10.0. The quantitative estimate of drug-likeness (QED) is 0.442. The second-order valence-corrected chi connectivity index (χ2v) is 3.75. The van der Waals surface area contributed by atoms with Gasteiger partial charge in [-0.2, -0.15) is 0 Å². The maximum atomic E-state index is 11.1. The van der Waals surface area contributed by atoms with Gasteiger partial charge in [0.25, 0.3) is 0 Å².